The number of anilines is 1. The van der Waals surface area contributed by atoms with Crippen LogP contribution < -0.4 is 14.4 Å². The lowest BCUT2D eigenvalue weighted by Gasteiger charge is -2.32. The number of amides is 2. The maximum Gasteiger partial charge on any atom is 0.264 e. The van der Waals surface area contributed by atoms with E-state index in [0.29, 0.717) is 11.4 Å². The van der Waals surface area contributed by atoms with Crippen LogP contribution in [0.4, 0.5) is 5.69 Å². The van der Waals surface area contributed by atoms with Crippen molar-refractivity contribution in [3.05, 3.63) is 90.0 Å². The number of sulfonamides is 1. The largest absolute Gasteiger partial charge is 0.497 e. The summed E-state index contributed by atoms with van der Waals surface area (Å²) in [5, 5.41) is 3.08. The topological polar surface area (TPSA) is 96.0 Å². The molecule has 1 unspecified atom stereocenters. The highest BCUT2D eigenvalue weighted by Gasteiger charge is 2.33. The molecule has 0 radical (unpaired) electrons. The highest BCUT2D eigenvalue weighted by atomic mass is 32.2. The molecule has 0 saturated heterocycles. The molecular weight excluding hydrogens is 526 g/mol. The lowest BCUT2D eigenvalue weighted by Crippen LogP contribution is -2.52. The van der Waals surface area contributed by atoms with Crippen LogP contribution in [0.25, 0.3) is 0 Å². The zero-order chi connectivity index (χ0) is 28.7. The Bertz CT molecular complexity index is 1390. The Morgan fingerprint density at radius 3 is 2.17 bits per heavy atom. The number of aryl methyl sites for hydroxylation is 1. The molecule has 1 saturated carbocycles. The highest BCUT2D eigenvalue weighted by Crippen LogP contribution is 2.26. The van der Waals surface area contributed by atoms with E-state index in [1.165, 1.54) is 24.1 Å². The molecule has 40 heavy (non-hydrogen) atoms. The number of carbonyl (C=O) groups excluding carboxylic acids is 2. The Kier molecular flexibility index (Phi) is 9.47. The Hall–Kier alpha value is -3.85. The van der Waals surface area contributed by atoms with Crippen LogP contribution in [0.2, 0.25) is 0 Å². The molecule has 0 aliphatic heterocycles. The molecule has 0 aromatic heterocycles. The van der Waals surface area contributed by atoms with E-state index >= 15 is 0 Å². The van der Waals surface area contributed by atoms with Crippen molar-refractivity contribution in [1.82, 2.24) is 10.2 Å². The summed E-state index contributed by atoms with van der Waals surface area (Å²) in [4.78, 5) is 28.8. The van der Waals surface area contributed by atoms with E-state index in [1.54, 1.807) is 49.4 Å². The van der Waals surface area contributed by atoms with Gasteiger partial charge >= 0.3 is 0 Å². The second-order valence-corrected chi connectivity index (χ2v) is 12.1. The third-order valence-corrected chi connectivity index (χ3v) is 9.10. The molecule has 4 rings (SSSR count). The van der Waals surface area contributed by atoms with Crippen LogP contribution in [0.5, 0.6) is 5.75 Å². The van der Waals surface area contributed by atoms with E-state index in [0.717, 1.165) is 41.1 Å². The van der Waals surface area contributed by atoms with Gasteiger partial charge in [0, 0.05) is 12.6 Å². The number of ether oxygens (including phenoxy) is 1. The molecule has 1 N–H and O–H groups in total. The molecule has 1 fully saturated rings. The van der Waals surface area contributed by atoms with E-state index in [2.05, 4.69) is 5.32 Å². The van der Waals surface area contributed by atoms with Crippen molar-refractivity contribution in [1.29, 1.82) is 0 Å². The molecule has 1 aliphatic rings. The first-order valence-electron chi connectivity index (χ1n) is 13.6. The smallest absolute Gasteiger partial charge is 0.264 e. The minimum absolute atomic E-state index is 0.0655. The first kappa shape index (κ1) is 29.1. The van der Waals surface area contributed by atoms with Gasteiger partial charge in [-0.1, -0.05) is 60.9 Å². The summed E-state index contributed by atoms with van der Waals surface area (Å²) in [5.74, 6) is -0.162. The Morgan fingerprint density at radius 1 is 0.950 bits per heavy atom. The molecule has 8 nitrogen and oxygen atoms in total. The van der Waals surface area contributed by atoms with Gasteiger partial charge in [-0.05, 0) is 68.7 Å². The van der Waals surface area contributed by atoms with Gasteiger partial charge < -0.3 is 15.0 Å². The fourth-order valence-electron chi connectivity index (χ4n) is 4.86. The maximum absolute atomic E-state index is 14.0. The number of methoxy groups -OCH3 is 1. The molecular formula is C31H37N3O5S. The van der Waals surface area contributed by atoms with E-state index in [-0.39, 0.29) is 23.4 Å². The van der Waals surface area contributed by atoms with Crippen molar-refractivity contribution in [3.63, 3.8) is 0 Å². The molecule has 3 aromatic rings. The van der Waals surface area contributed by atoms with Gasteiger partial charge in [0.05, 0.1) is 17.7 Å². The van der Waals surface area contributed by atoms with Gasteiger partial charge in [-0.2, -0.15) is 0 Å². The van der Waals surface area contributed by atoms with Gasteiger partial charge in [-0.3, -0.25) is 13.9 Å². The number of benzene rings is 3. The molecule has 1 aliphatic carbocycles. The highest BCUT2D eigenvalue weighted by molar-refractivity contribution is 7.92. The second kappa shape index (κ2) is 13.0. The third-order valence-electron chi connectivity index (χ3n) is 7.31. The molecule has 0 heterocycles. The number of nitrogens with zero attached hydrogens (tertiary/aromatic N) is 2. The summed E-state index contributed by atoms with van der Waals surface area (Å²) in [5.41, 5.74) is 2.24. The van der Waals surface area contributed by atoms with Crippen LogP contribution in [0.15, 0.2) is 83.8 Å². The van der Waals surface area contributed by atoms with Crippen LogP contribution in [-0.2, 0) is 26.2 Å². The van der Waals surface area contributed by atoms with Crippen LogP contribution in [0.3, 0.4) is 0 Å². The number of hydrogen-bond acceptors (Lipinski definition) is 5. The van der Waals surface area contributed by atoms with Gasteiger partial charge in [0.15, 0.2) is 0 Å². The maximum atomic E-state index is 14.0. The average molecular weight is 564 g/mol. The first-order valence-corrected chi connectivity index (χ1v) is 15.0. The normalized spacial score (nSPS) is 14.4. The van der Waals surface area contributed by atoms with Gasteiger partial charge in [-0.25, -0.2) is 8.42 Å². The predicted octanol–water partition coefficient (Wildman–Crippen LogP) is 4.68. The second-order valence-electron chi connectivity index (χ2n) is 10.2. The van der Waals surface area contributed by atoms with E-state index in [1.807, 2.05) is 31.2 Å². The number of nitrogens with one attached hydrogen (secondary N) is 1. The lowest BCUT2D eigenvalue weighted by molar-refractivity contribution is -0.139. The Morgan fingerprint density at radius 2 is 1.57 bits per heavy atom. The summed E-state index contributed by atoms with van der Waals surface area (Å²) in [6.07, 6.45) is 3.98. The SMILES string of the molecule is COc1ccc(N(CC(=O)N(Cc2ccc(C)cc2)C(C)C(=O)NC2CCCC2)S(=O)(=O)c2ccccc2)cc1. The van der Waals surface area contributed by atoms with Crippen LogP contribution in [-0.4, -0.2) is 50.9 Å². The van der Waals surface area contributed by atoms with E-state index in [4.69, 9.17) is 4.74 Å². The summed E-state index contributed by atoms with van der Waals surface area (Å²) < 4.78 is 34.0. The van der Waals surface area contributed by atoms with Crippen LogP contribution in [0, 0.1) is 6.92 Å². The minimum atomic E-state index is -4.10. The van der Waals surface area contributed by atoms with Gasteiger partial charge in [0.1, 0.15) is 18.3 Å². The first-order chi connectivity index (χ1) is 19.2. The van der Waals surface area contributed by atoms with Gasteiger partial charge in [0.2, 0.25) is 11.8 Å². The average Bonchev–Trinajstić information content (AvgIpc) is 3.48. The molecule has 3 aromatic carbocycles. The Labute approximate surface area is 237 Å². The van der Waals surface area contributed by atoms with Gasteiger partial charge in [-0.15, -0.1) is 0 Å². The van der Waals surface area contributed by atoms with E-state index in [9.17, 15) is 18.0 Å². The number of rotatable bonds is 11. The minimum Gasteiger partial charge on any atom is -0.497 e. The molecule has 9 heteroatoms. The molecule has 0 spiro atoms. The molecule has 212 valence electrons. The number of carbonyl (C=O) groups is 2. The predicted molar refractivity (Wildman–Crippen MR) is 156 cm³/mol. The summed E-state index contributed by atoms with van der Waals surface area (Å²) in [7, 11) is -2.58. The van der Waals surface area contributed by atoms with Crippen molar-refractivity contribution in [2.75, 3.05) is 18.0 Å². The third kappa shape index (κ3) is 7.01. The van der Waals surface area contributed by atoms with Crippen LogP contribution >= 0.6 is 0 Å². The quantitative estimate of drug-likeness (QED) is 0.366. The van der Waals surface area contributed by atoms with Crippen LogP contribution in [0.1, 0.15) is 43.7 Å². The van der Waals surface area contributed by atoms with Crippen molar-refractivity contribution in [2.45, 2.75) is 63.1 Å². The standard InChI is InChI=1S/C31H37N3O5S/c1-23-13-15-25(16-14-23)21-33(24(2)31(36)32-26-9-7-8-10-26)30(35)22-34(27-17-19-28(39-3)20-18-27)40(37,38)29-11-5-4-6-12-29/h4-6,11-20,24,26H,7-10,21-22H2,1-3H3,(H,32,36). The van der Waals surface area contributed by atoms with Crippen molar-refractivity contribution in [3.8, 4) is 5.75 Å². The fourth-order valence-corrected chi connectivity index (χ4v) is 6.30. The van der Waals surface area contributed by atoms with Crippen molar-refractivity contribution >= 4 is 27.5 Å². The zero-order valence-corrected chi connectivity index (χ0v) is 24.1. The van der Waals surface area contributed by atoms with Crippen molar-refractivity contribution < 1.29 is 22.7 Å². The zero-order valence-electron chi connectivity index (χ0n) is 23.2. The molecule has 1 atom stereocenters. The summed E-state index contributed by atoms with van der Waals surface area (Å²) in [6.45, 7) is 3.36. The Balaban J connectivity index is 1.67. The summed E-state index contributed by atoms with van der Waals surface area (Å²) >= 11 is 0. The fraction of sp³-hybridized carbons (Fsp3) is 0.355. The number of hydrogen-bond donors (Lipinski definition) is 1. The monoisotopic (exact) mass is 563 g/mol. The van der Waals surface area contributed by atoms with E-state index < -0.39 is 28.5 Å². The summed E-state index contributed by atoms with van der Waals surface area (Å²) in [6, 6.07) is 21.5. The molecule has 0 bridgehead atoms. The van der Waals surface area contributed by atoms with Crippen molar-refractivity contribution in [2.24, 2.45) is 0 Å². The lowest BCUT2D eigenvalue weighted by atomic mass is 10.1. The van der Waals surface area contributed by atoms with Gasteiger partial charge in [0.25, 0.3) is 10.0 Å². The molecule has 2 amide bonds.